The number of amides is 1. The smallest absolute Gasteiger partial charge is 0.343 e. The summed E-state index contributed by atoms with van der Waals surface area (Å²) < 4.78 is 12.0. The maximum atomic E-state index is 13.3. The fourth-order valence-electron chi connectivity index (χ4n) is 4.16. The van der Waals surface area contributed by atoms with E-state index in [1.165, 1.54) is 6.21 Å². The fourth-order valence-corrected chi connectivity index (χ4v) is 4.54. The number of aromatic amines is 1. The first-order chi connectivity index (χ1) is 19.0. The van der Waals surface area contributed by atoms with Gasteiger partial charge < -0.3 is 14.5 Å². The van der Waals surface area contributed by atoms with Gasteiger partial charge in [0.15, 0.2) is 0 Å². The van der Waals surface area contributed by atoms with E-state index in [4.69, 9.17) is 9.47 Å². The molecule has 8 heteroatoms. The van der Waals surface area contributed by atoms with Crippen LogP contribution in [0.3, 0.4) is 0 Å². The summed E-state index contributed by atoms with van der Waals surface area (Å²) in [4.78, 5) is 29.1. The molecule has 0 unspecified atom stereocenters. The standard InChI is InChI=1S/C31H24BrN3O4/c1-2-38-24-14-15-26-25(18-24)28(20-9-5-3-6-10-20)29(34-26)30(36)35-33-19-22-17-23(32)13-16-27(22)39-31(37)21-11-7-4-8-12-21/h3-19,34H,2H2,1H3,(H,35,36). The molecule has 0 saturated carbocycles. The van der Waals surface area contributed by atoms with Crippen molar-refractivity contribution >= 4 is 44.9 Å². The Labute approximate surface area is 233 Å². The van der Waals surface area contributed by atoms with E-state index in [1.807, 2.05) is 61.5 Å². The van der Waals surface area contributed by atoms with E-state index in [2.05, 4.69) is 31.4 Å². The molecule has 0 aliphatic heterocycles. The van der Waals surface area contributed by atoms with Gasteiger partial charge in [0.2, 0.25) is 0 Å². The predicted octanol–water partition coefficient (Wildman–Crippen LogP) is 6.98. The van der Waals surface area contributed by atoms with Crippen molar-refractivity contribution in [1.29, 1.82) is 0 Å². The molecule has 0 saturated heterocycles. The number of benzene rings is 4. The number of halogens is 1. The number of H-pyrrole nitrogens is 1. The van der Waals surface area contributed by atoms with Crippen molar-refractivity contribution in [3.05, 3.63) is 118 Å². The number of carbonyl (C=O) groups excluding carboxylic acids is 2. The highest BCUT2D eigenvalue weighted by atomic mass is 79.9. The van der Waals surface area contributed by atoms with Crippen LogP contribution in [-0.2, 0) is 0 Å². The fraction of sp³-hybridized carbons (Fsp3) is 0.0645. The topological polar surface area (TPSA) is 92.8 Å². The van der Waals surface area contributed by atoms with Crippen LogP contribution in [0, 0.1) is 0 Å². The number of ether oxygens (including phenoxy) is 2. The Morgan fingerprint density at radius 2 is 1.69 bits per heavy atom. The molecule has 2 N–H and O–H groups in total. The molecule has 7 nitrogen and oxygen atoms in total. The highest BCUT2D eigenvalue weighted by Gasteiger charge is 2.20. The molecule has 5 aromatic rings. The average Bonchev–Trinajstić information content (AvgIpc) is 3.34. The third-order valence-electron chi connectivity index (χ3n) is 5.92. The van der Waals surface area contributed by atoms with Crippen molar-refractivity contribution in [2.45, 2.75) is 6.92 Å². The van der Waals surface area contributed by atoms with E-state index in [0.717, 1.165) is 32.3 Å². The van der Waals surface area contributed by atoms with E-state index in [1.54, 1.807) is 42.5 Å². The molecule has 0 bridgehead atoms. The van der Waals surface area contributed by atoms with E-state index >= 15 is 0 Å². The number of esters is 1. The highest BCUT2D eigenvalue weighted by Crippen LogP contribution is 2.34. The zero-order valence-electron chi connectivity index (χ0n) is 21.0. The van der Waals surface area contributed by atoms with Crippen LogP contribution in [0.2, 0.25) is 0 Å². The largest absolute Gasteiger partial charge is 0.494 e. The lowest BCUT2D eigenvalue weighted by Crippen LogP contribution is -2.19. The third kappa shape index (κ3) is 5.91. The summed E-state index contributed by atoms with van der Waals surface area (Å²) in [5.41, 5.74) is 6.34. The van der Waals surface area contributed by atoms with Gasteiger partial charge in [0.05, 0.1) is 18.4 Å². The van der Waals surface area contributed by atoms with Crippen molar-refractivity contribution in [1.82, 2.24) is 10.4 Å². The summed E-state index contributed by atoms with van der Waals surface area (Å²) in [5.74, 6) is 0.119. The molecule has 0 fully saturated rings. The number of fused-ring (bicyclic) bond motifs is 1. The number of hydrogen-bond donors (Lipinski definition) is 2. The summed E-state index contributed by atoms with van der Waals surface area (Å²) in [7, 11) is 0. The Hall–Kier alpha value is -4.69. The summed E-state index contributed by atoms with van der Waals surface area (Å²) in [6.45, 7) is 2.46. The van der Waals surface area contributed by atoms with Gasteiger partial charge in [-0.05, 0) is 61.0 Å². The van der Waals surface area contributed by atoms with E-state index in [-0.39, 0.29) is 0 Å². The maximum absolute atomic E-state index is 13.3. The SMILES string of the molecule is CCOc1ccc2[nH]c(C(=O)NN=Cc3cc(Br)ccc3OC(=O)c3ccccc3)c(-c3ccccc3)c2c1. The zero-order valence-corrected chi connectivity index (χ0v) is 22.6. The van der Waals surface area contributed by atoms with Crippen LogP contribution in [-0.4, -0.2) is 29.7 Å². The van der Waals surface area contributed by atoms with Crippen molar-refractivity contribution in [2.24, 2.45) is 5.10 Å². The quantitative estimate of drug-likeness (QED) is 0.0894. The minimum Gasteiger partial charge on any atom is -0.494 e. The average molecular weight is 582 g/mol. The zero-order chi connectivity index (χ0) is 27.2. The number of hydrazone groups is 1. The van der Waals surface area contributed by atoms with E-state index in [9.17, 15) is 9.59 Å². The second kappa shape index (κ2) is 11.8. The van der Waals surface area contributed by atoms with Gasteiger partial charge in [0.25, 0.3) is 5.91 Å². The Bertz CT molecular complexity index is 1660. The summed E-state index contributed by atoms with van der Waals surface area (Å²) in [5, 5.41) is 5.03. The molecule has 194 valence electrons. The molecule has 1 aromatic heterocycles. The molecular weight excluding hydrogens is 558 g/mol. The second-order valence-corrected chi connectivity index (χ2v) is 9.43. The Morgan fingerprint density at radius 1 is 0.949 bits per heavy atom. The van der Waals surface area contributed by atoms with Crippen LogP contribution in [0.1, 0.15) is 33.3 Å². The normalized spacial score (nSPS) is 11.0. The molecule has 4 aromatic carbocycles. The van der Waals surface area contributed by atoms with Gasteiger partial charge in [-0.3, -0.25) is 4.79 Å². The molecule has 0 spiro atoms. The van der Waals surface area contributed by atoms with Gasteiger partial charge in [-0.1, -0.05) is 64.5 Å². The van der Waals surface area contributed by atoms with Crippen LogP contribution in [0.15, 0.2) is 107 Å². The van der Waals surface area contributed by atoms with Crippen LogP contribution >= 0.6 is 15.9 Å². The molecule has 39 heavy (non-hydrogen) atoms. The summed E-state index contributed by atoms with van der Waals surface area (Å²) >= 11 is 3.43. The first-order valence-electron chi connectivity index (χ1n) is 12.3. The molecule has 0 aliphatic carbocycles. The van der Waals surface area contributed by atoms with Crippen LogP contribution in [0.4, 0.5) is 0 Å². The lowest BCUT2D eigenvalue weighted by Gasteiger charge is -2.08. The van der Waals surface area contributed by atoms with Gasteiger partial charge in [-0.2, -0.15) is 5.10 Å². The van der Waals surface area contributed by atoms with Crippen molar-refractivity contribution in [3.63, 3.8) is 0 Å². The van der Waals surface area contributed by atoms with Crippen LogP contribution in [0.25, 0.3) is 22.0 Å². The van der Waals surface area contributed by atoms with Crippen molar-refractivity contribution in [3.8, 4) is 22.6 Å². The van der Waals surface area contributed by atoms with Crippen molar-refractivity contribution in [2.75, 3.05) is 6.61 Å². The van der Waals surface area contributed by atoms with Gasteiger partial charge in [-0.25, -0.2) is 10.2 Å². The lowest BCUT2D eigenvalue weighted by molar-refractivity contribution is 0.0734. The molecule has 1 amide bonds. The molecule has 1 heterocycles. The lowest BCUT2D eigenvalue weighted by atomic mass is 10.0. The predicted molar refractivity (Wildman–Crippen MR) is 156 cm³/mol. The molecule has 5 rings (SSSR count). The summed E-state index contributed by atoms with van der Waals surface area (Å²) in [6, 6.07) is 29.2. The second-order valence-electron chi connectivity index (χ2n) is 8.52. The number of nitrogens with one attached hydrogen (secondary N) is 2. The number of aromatic nitrogens is 1. The summed E-state index contributed by atoms with van der Waals surface area (Å²) in [6.07, 6.45) is 1.44. The van der Waals surface area contributed by atoms with Crippen LogP contribution < -0.4 is 14.9 Å². The Kier molecular flexibility index (Phi) is 7.84. The monoisotopic (exact) mass is 581 g/mol. The third-order valence-corrected chi connectivity index (χ3v) is 6.42. The Morgan fingerprint density at radius 3 is 2.44 bits per heavy atom. The van der Waals surface area contributed by atoms with Gasteiger partial charge in [0.1, 0.15) is 17.2 Å². The maximum Gasteiger partial charge on any atom is 0.343 e. The highest BCUT2D eigenvalue weighted by molar-refractivity contribution is 9.10. The minimum atomic E-state index is -0.492. The molecule has 0 radical (unpaired) electrons. The van der Waals surface area contributed by atoms with Crippen LogP contribution in [0.5, 0.6) is 11.5 Å². The van der Waals surface area contributed by atoms with E-state index < -0.39 is 11.9 Å². The van der Waals surface area contributed by atoms with Gasteiger partial charge in [0, 0.05) is 26.5 Å². The first-order valence-corrected chi connectivity index (χ1v) is 13.1. The number of nitrogens with zero attached hydrogens (tertiary/aromatic N) is 1. The van der Waals surface area contributed by atoms with Gasteiger partial charge in [-0.15, -0.1) is 0 Å². The molecule has 0 aliphatic rings. The number of hydrogen-bond acceptors (Lipinski definition) is 5. The van der Waals surface area contributed by atoms with Gasteiger partial charge >= 0.3 is 5.97 Å². The molecular formula is C31H24BrN3O4. The number of rotatable bonds is 8. The van der Waals surface area contributed by atoms with Crippen molar-refractivity contribution < 1.29 is 19.1 Å². The minimum absolute atomic E-state index is 0.309. The molecule has 0 atom stereocenters. The van der Waals surface area contributed by atoms with E-state index in [0.29, 0.717) is 29.2 Å². The number of carbonyl (C=O) groups is 2. The Balaban J connectivity index is 1.42. The first kappa shape index (κ1) is 25.9.